The monoisotopic (exact) mass is 545 g/mol. The van der Waals surface area contributed by atoms with Crippen LogP contribution in [0.25, 0.3) is 0 Å². The third-order valence-corrected chi connectivity index (χ3v) is 9.82. The third-order valence-electron chi connectivity index (χ3n) is 5.32. The molecule has 0 aliphatic carbocycles. The van der Waals surface area contributed by atoms with Gasteiger partial charge in [0.25, 0.3) is 10.0 Å². The van der Waals surface area contributed by atoms with Crippen molar-refractivity contribution in [3.05, 3.63) is 28.5 Å². The number of nitrogens with one attached hydrogen (secondary N) is 2. The summed E-state index contributed by atoms with van der Waals surface area (Å²) in [5.74, 6) is 0.506. The zero-order valence-electron chi connectivity index (χ0n) is 20.7. The predicted octanol–water partition coefficient (Wildman–Crippen LogP) is 3.54. The quantitative estimate of drug-likeness (QED) is 0.481. The summed E-state index contributed by atoms with van der Waals surface area (Å²) < 4.78 is 63.3. The highest BCUT2D eigenvalue weighted by molar-refractivity contribution is 7.91. The minimum atomic E-state index is -4.09. The first-order valence-electron chi connectivity index (χ1n) is 11.0. The smallest absolute Gasteiger partial charge is 0.345 e. The van der Waals surface area contributed by atoms with Crippen molar-refractivity contribution in [1.82, 2.24) is 9.03 Å². The fourth-order valence-corrected chi connectivity index (χ4v) is 7.48. The van der Waals surface area contributed by atoms with E-state index in [0.29, 0.717) is 16.4 Å². The molecule has 2 aromatic heterocycles. The number of sulfonamides is 1. The molecule has 0 bridgehead atoms. The molecule has 0 aromatic carbocycles. The molecule has 35 heavy (non-hydrogen) atoms. The third kappa shape index (κ3) is 5.55. The van der Waals surface area contributed by atoms with E-state index in [2.05, 4.69) is 19.4 Å². The summed E-state index contributed by atoms with van der Waals surface area (Å²) in [6.07, 6.45) is 0. The van der Waals surface area contributed by atoms with Crippen molar-refractivity contribution in [3.8, 4) is 5.75 Å². The number of furan rings is 1. The molecule has 0 unspecified atom stereocenters. The molecule has 3 N–H and O–H groups in total. The fraction of sp³-hybridized carbons (Fsp3) is 0.524. The van der Waals surface area contributed by atoms with Crippen molar-refractivity contribution < 1.29 is 26.4 Å². The average Bonchev–Trinajstić information content (AvgIpc) is 3.37. The van der Waals surface area contributed by atoms with Gasteiger partial charge < -0.3 is 14.8 Å². The lowest BCUT2D eigenvalue weighted by molar-refractivity contribution is 0.284. The second kappa shape index (κ2) is 9.56. The summed E-state index contributed by atoms with van der Waals surface area (Å²) in [4.78, 5) is 5.05. The van der Waals surface area contributed by atoms with Gasteiger partial charge >= 0.3 is 10.2 Å². The van der Waals surface area contributed by atoms with Crippen molar-refractivity contribution in [2.24, 2.45) is 14.8 Å². The summed E-state index contributed by atoms with van der Waals surface area (Å²) in [6, 6.07) is 3.02. The first kappa shape index (κ1) is 27.2. The van der Waals surface area contributed by atoms with Gasteiger partial charge in [-0.15, -0.1) is 15.7 Å². The number of thiophene rings is 1. The van der Waals surface area contributed by atoms with E-state index < -0.39 is 37.4 Å². The second-order valence-corrected chi connectivity index (χ2v) is 13.8. The Balaban J connectivity index is 2.06. The highest BCUT2D eigenvalue weighted by atomic mass is 32.2. The number of hydrogen-bond donors (Lipinski definition) is 3. The van der Waals surface area contributed by atoms with Crippen molar-refractivity contribution >= 4 is 48.9 Å². The Morgan fingerprint density at radius 2 is 1.89 bits per heavy atom. The van der Waals surface area contributed by atoms with E-state index in [-0.39, 0.29) is 34.7 Å². The molecule has 3 rings (SSSR count). The van der Waals surface area contributed by atoms with Crippen molar-refractivity contribution in [2.45, 2.75) is 58.7 Å². The molecular weight excluding hydrogens is 514 g/mol. The first-order chi connectivity index (χ1) is 16.1. The van der Waals surface area contributed by atoms with Gasteiger partial charge in [-0.2, -0.15) is 12.7 Å². The minimum absolute atomic E-state index is 0.0484. The molecule has 0 saturated carbocycles. The molecule has 0 fully saturated rings. The first-order valence-corrected chi connectivity index (χ1v) is 14.7. The molecular formula is C21H31N5O6S3. The van der Waals surface area contributed by atoms with Gasteiger partial charge in [0, 0.05) is 18.0 Å². The van der Waals surface area contributed by atoms with Gasteiger partial charge in [-0.3, -0.25) is 4.99 Å². The standard InChI is InChI=1S/C21H31N5O6S3/c1-8-26(9-2)34(28,29)20-16(27)15(13(4)33-20)22-18-19(25-35(30,31)24-18)23-17(21(5,6)7)14-11-10-12(3)32-14/h10-11,17,27H,8-9H2,1-7H3,(H,22,24)(H,23,25)/t17-/m0/s1. The van der Waals surface area contributed by atoms with Crippen LogP contribution in [0.1, 0.15) is 57.1 Å². The topological polar surface area (TPSA) is 154 Å². The maximum atomic E-state index is 13.0. The van der Waals surface area contributed by atoms with E-state index in [1.54, 1.807) is 39.8 Å². The lowest BCUT2D eigenvalue weighted by Gasteiger charge is -2.26. The molecule has 11 nitrogen and oxygen atoms in total. The zero-order chi connectivity index (χ0) is 26.3. The van der Waals surface area contributed by atoms with Gasteiger partial charge in [-0.05, 0) is 31.4 Å². The Bertz CT molecular complexity index is 1380. The van der Waals surface area contributed by atoms with E-state index in [9.17, 15) is 21.9 Å². The van der Waals surface area contributed by atoms with Crippen LogP contribution in [0.15, 0.2) is 30.1 Å². The molecule has 0 spiro atoms. The fourth-order valence-electron chi connectivity index (χ4n) is 3.57. The van der Waals surface area contributed by atoms with E-state index in [1.807, 2.05) is 20.8 Å². The number of hydrogen-bond acceptors (Lipinski definition) is 9. The summed E-state index contributed by atoms with van der Waals surface area (Å²) in [6.45, 7) is 13.1. The Morgan fingerprint density at radius 3 is 2.40 bits per heavy atom. The van der Waals surface area contributed by atoms with Crippen molar-refractivity contribution in [3.63, 3.8) is 0 Å². The van der Waals surface area contributed by atoms with Gasteiger partial charge in [-0.25, -0.2) is 13.1 Å². The van der Waals surface area contributed by atoms with Crippen LogP contribution in [-0.2, 0) is 20.2 Å². The zero-order valence-corrected chi connectivity index (χ0v) is 23.2. The number of rotatable bonds is 7. The second-order valence-electron chi connectivity index (χ2n) is 9.10. The van der Waals surface area contributed by atoms with Crippen LogP contribution in [0.2, 0.25) is 0 Å². The number of nitrogens with zero attached hydrogens (tertiary/aromatic N) is 3. The number of aromatic hydroxyl groups is 1. The predicted molar refractivity (Wildman–Crippen MR) is 137 cm³/mol. The Morgan fingerprint density at radius 1 is 1.26 bits per heavy atom. The number of aliphatic imine (C=N–C) groups is 1. The summed E-state index contributed by atoms with van der Waals surface area (Å²) in [5, 5.41) is 13.6. The lowest BCUT2D eigenvalue weighted by atomic mass is 9.85. The Labute approximate surface area is 210 Å². The van der Waals surface area contributed by atoms with E-state index in [1.165, 1.54) is 4.31 Å². The van der Waals surface area contributed by atoms with Crippen LogP contribution in [0, 0.1) is 19.3 Å². The maximum absolute atomic E-state index is 13.0. The van der Waals surface area contributed by atoms with Gasteiger partial charge in [-0.1, -0.05) is 34.6 Å². The summed E-state index contributed by atoms with van der Waals surface area (Å²) in [5.41, 5.74) is -0.394. The van der Waals surface area contributed by atoms with E-state index in [0.717, 1.165) is 11.3 Å². The summed E-state index contributed by atoms with van der Waals surface area (Å²) >= 11 is 0.887. The molecule has 3 heterocycles. The Kier molecular flexibility index (Phi) is 7.42. The normalized spacial score (nSPS) is 18.1. The highest BCUT2D eigenvalue weighted by Gasteiger charge is 2.35. The molecule has 14 heteroatoms. The molecule has 194 valence electrons. The SMILES string of the molecule is CCN(CC)S(=O)(=O)c1sc(C)c(NC2=NS(=O)(=O)NC2=N[C@@H](c2ccc(C)o2)C(C)(C)C)c1O. The molecule has 2 aromatic rings. The lowest BCUT2D eigenvalue weighted by Crippen LogP contribution is -2.32. The number of anilines is 1. The molecule has 0 saturated heterocycles. The van der Waals surface area contributed by atoms with Crippen LogP contribution >= 0.6 is 11.3 Å². The molecule has 0 radical (unpaired) electrons. The minimum Gasteiger partial charge on any atom is -0.504 e. The summed E-state index contributed by atoms with van der Waals surface area (Å²) in [7, 11) is -8.02. The molecule has 1 aliphatic rings. The molecule has 1 atom stereocenters. The van der Waals surface area contributed by atoms with Gasteiger partial charge in [0.15, 0.2) is 21.6 Å². The van der Waals surface area contributed by atoms with Crippen molar-refractivity contribution in [1.29, 1.82) is 0 Å². The van der Waals surface area contributed by atoms with Crippen molar-refractivity contribution in [2.75, 3.05) is 18.4 Å². The highest BCUT2D eigenvalue weighted by Crippen LogP contribution is 2.43. The van der Waals surface area contributed by atoms with E-state index in [4.69, 9.17) is 4.42 Å². The number of aryl methyl sites for hydroxylation is 2. The average molecular weight is 546 g/mol. The van der Waals surface area contributed by atoms with Crippen LogP contribution in [0.5, 0.6) is 5.75 Å². The van der Waals surface area contributed by atoms with Gasteiger partial charge in [0.1, 0.15) is 17.6 Å². The largest absolute Gasteiger partial charge is 0.504 e. The molecule has 1 aliphatic heterocycles. The van der Waals surface area contributed by atoms with Crippen LogP contribution in [-0.4, -0.2) is 51.0 Å². The van der Waals surface area contributed by atoms with Crippen LogP contribution in [0.3, 0.4) is 0 Å². The van der Waals surface area contributed by atoms with Gasteiger partial charge in [0.05, 0.1) is 5.69 Å². The number of amidine groups is 2. The van der Waals surface area contributed by atoms with Crippen LogP contribution < -0.4 is 10.0 Å². The van der Waals surface area contributed by atoms with E-state index >= 15 is 0 Å². The Hall–Kier alpha value is -2.42. The van der Waals surface area contributed by atoms with Crippen LogP contribution in [0.4, 0.5) is 5.69 Å². The molecule has 0 amide bonds. The maximum Gasteiger partial charge on any atom is 0.345 e. The van der Waals surface area contributed by atoms with Gasteiger partial charge in [0.2, 0.25) is 0 Å².